The van der Waals surface area contributed by atoms with E-state index in [1.165, 1.54) is 6.08 Å². The zero-order chi connectivity index (χ0) is 12.8. The average molecular weight is 250 g/mol. The number of rotatable bonds is 4. The summed E-state index contributed by atoms with van der Waals surface area (Å²) >= 11 is 4.67. The molecule has 0 heterocycles. The highest BCUT2D eigenvalue weighted by atomic mass is 32.1. The van der Waals surface area contributed by atoms with Crippen LogP contribution in [0.4, 0.5) is 0 Å². The molecule has 0 fully saturated rings. The third kappa shape index (κ3) is 4.24. The standard InChI is InChI=1S/C12H14N2O2S/c1-8(14-12(13)17)7-11(15)9-3-5-10(16-2)6-4-9/h3-7H,1-2H3,(H3,13,14,17). The molecule has 0 spiro atoms. The fourth-order valence-corrected chi connectivity index (χ4v) is 1.43. The van der Waals surface area contributed by atoms with Crippen LogP contribution in [0, 0.1) is 0 Å². The molecule has 17 heavy (non-hydrogen) atoms. The van der Waals surface area contributed by atoms with Crippen LogP contribution in [0.25, 0.3) is 0 Å². The third-order valence-electron chi connectivity index (χ3n) is 2.04. The van der Waals surface area contributed by atoms with Gasteiger partial charge in [-0.1, -0.05) is 0 Å². The smallest absolute Gasteiger partial charge is 0.187 e. The highest BCUT2D eigenvalue weighted by Gasteiger charge is 2.03. The summed E-state index contributed by atoms with van der Waals surface area (Å²) in [7, 11) is 1.58. The van der Waals surface area contributed by atoms with Gasteiger partial charge in [0.1, 0.15) is 5.75 Å². The summed E-state index contributed by atoms with van der Waals surface area (Å²) in [5.74, 6) is 0.595. The van der Waals surface area contributed by atoms with Crippen LogP contribution in [0.5, 0.6) is 5.75 Å². The minimum absolute atomic E-state index is 0.117. The van der Waals surface area contributed by atoms with Gasteiger partial charge in [-0.25, -0.2) is 0 Å². The lowest BCUT2D eigenvalue weighted by Crippen LogP contribution is -2.27. The molecule has 3 N–H and O–H groups in total. The molecule has 1 rings (SSSR count). The number of hydrogen-bond acceptors (Lipinski definition) is 3. The topological polar surface area (TPSA) is 64.3 Å². The van der Waals surface area contributed by atoms with Gasteiger partial charge < -0.3 is 15.8 Å². The van der Waals surface area contributed by atoms with Crippen LogP contribution in [0.2, 0.25) is 0 Å². The Bertz CT molecular complexity index is 452. The number of allylic oxidation sites excluding steroid dienone is 2. The van der Waals surface area contributed by atoms with E-state index in [2.05, 4.69) is 17.5 Å². The van der Waals surface area contributed by atoms with Crippen LogP contribution in [-0.2, 0) is 0 Å². The summed E-state index contributed by atoms with van der Waals surface area (Å²) in [5, 5.41) is 2.83. The molecule has 0 unspecified atom stereocenters. The van der Waals surface area contributed by atoms with E-state index >= 15 is 0 Å². The number of carbonyl (C=O) groups is 1. The average Bonchev–Trinajstić information content (AvgIpc) is 2.28. The SMILES string of the molecule is COc1ccc(C(=O)C=C(C)NC(N)=S)cc1. The second-order valence-corrected chi connectivity index (χ2v) is 3.85. The Morgan fingerprint density at radius 1 is 1.41 bits per heavy atom. The summed E-state index contributed by atoms with van der Waals surface area (Å²) in [6.45, 7) is 1.72. The number of carbonyl (C=O) groups excluding carboxylic acids is 1. The molecule has 0 aliphatic heterocycles. The molecular formula is C12H14N2O2S. The number of hydrogen-bond donors (Lipinski definition) is 2. The summed E-state index contributed by atoms with van der Waals surface area (Å²) in [6, 6.07) is 6.87. The Labute approximate surface area is 105 Å². The molecule has 0 aromatic heterocycles. The van der Waals surface area contributed by atoms with Crippen molar-refractivity contribution in [1.82, 2.24) is 5.32 Å². The Morgan fingerprint density at radius 3 is 2.47 bits per heavy atom. The number of methoxy groups -OCH3 is 1. The van der Waals surface area contributed by atoms with Gasteiger partial charge in [-0.05, 0) is 43.4 Å². The first-order chi connectivity index (χ1) is 8.02. The molecule has 1 aromatic rings. The van der Waals surface area contributed by atoms with Crippen molar-refractivity contribution in [2.24, 2.45) is 5.73 Å². The van der Waals surface area contributed by atoms with Gasteiger partial charge >= 0.3 is 0 Å². The van der Waals surface area contributed by atoms with Crippen molar-refractivity contribution in [2.75, 3.05) is 7.11 Å². The zero-order valence-electron chi connectivity index (χ0n) is 9.69. The first-order valence-electron chi connectivity index (χ1n) is 4.96. The zero-order valence-corrected chi connectivity index (χ0v) is 10.5. The largest absolute Gasteiger partial charge is 0.497 e. The van der Waals surface area contributed by atoms with Crippen molar-refractivity contribution in [3.05, 3.63) is 41.6 Å². The van der Waals surface area contributed by atoms with E-state index in [0.29, 0.717) is 17.0 Å². The molecule has 0 saturated heterocycles. The molecule has 0 bridgehead atoms. The van der Waals surface area contributed by atoms with Gasteiger partial charge in [0.25, 0.3) is 0 Å². The minimum atomic E-state index is -0.117. The van der Waals surface area contributed by atoms with Crippen molar-refractivity contribution in [3.8, 4) is 5.75 Å². The molecule has 5 heteroatoms. The van der Waals surface area contributed by atoms with E-state index in [1.54, 1.807) is 38.3 Å². The highest BCUT2D eigenvalue weighted by Crippen LogP contribution is 2.12. The van der Waals surface area contributed by atoms with Crippen LogP contribution >= 0.6 is 12.2 Å². The van der Waals surface area contributed by atoms with Crippen LogP contribution in [0.3, 0.4) is 0 Å². The van der Waals surface area contributed by atoms with Gasteiger partial charge in [-0.2, -0.15) is 0 Å². The van der Waals surface area contributed by atoms with E-state index < -0.39 is 0 Å². The summed E-state index contributed by atoms with van der Waals surface area (Å²) in [6.07, 6.45) is 1.45. The number of thiocarbonyl (C=S) groups is 1. The number of ether oxygens (including phenoxy) is 1. The fourth-order valence-electron chi connectivity index (χ4n) is 1.27. The van der Waals surface area contributed by atoms with Gasteiger partial charge in [-0.3, -0.25) is 4.79 Å². The van der Waals surface area contributed by atoms with Crippen LogP contribution in [-0.4, -0.2) is 18.0 Å². The Balaban J connectivity index is 2.78. The maximum absolute atomic E-state index is 11.8. The van der Waals surface area contributed by atoms with Gasteiger partial charge in [0, 0.05) is 17.3 Å². The molecule has 0 atom stereocenters. The first kappa shape index (κ1) is 13.2. The highest BCUT2D eigenvalue weighted by molar-refractivity contribution is 7.80. The lowest BCUT2D eigenvalue weighted by Gasteiger charge is -2.03. The van der Waals surface area contributed by atoms with Crippen molar-refractivity contribution < 1.29 is 9.53 Å². The van der Waals surface area contributed by atoms with Crippen molar-refractivity contribution >= 4 is 23.1 Å². The van der Waals surface area contributed by atoms with E-state index in [9.17, 15) is 4.79 Å². The van der Waals surface area contributed by atoms with E-state index in [-0.39, 0.29) is 10.9 Å². The lowest BCUT2D eigenvalue weighted by molar-refractivity contribution is 0.104. The van der Waals surface area contributed by atoms with E-state index in [0.717, 1.165) is 0 Å². The number of nitrogens with one attached hydrogen (secondary N) is 1. The van der Waals surface area contributed by atoms with E-state index in [4.69, 9.17) is 10.5 Å². The van der Waals surface area contributed by atoms with Crippen molar-refractivity contribution in [3.63, 3.8) is 0 Å². The Hall–Kier alpha value is -1.88. The molecular weight excluding hydrogens is 236 g/mol. The fraction of sp³-hybridized carbons (Fsp3) is 0.167. The molecule has 0 radical (unpaired) electrons. The van der Waals surface area contributed by atoms with Crippen LogP contribution in [0.1, 0.15) is 17.3 Å². The second kappa shape index (κ2) is 6.00. The van der Waals surface area contributed by atoms with Crippen molar-refractivity contribution in [2.45, 2.75) is 6.92 Å². The van der Waals surface area contributed by atoms with Crippen LogP contribution in [0.15, 0.2) is 36.0 Å². The summed E-state index contributed by atoms with van der Waals surface area (Å²) < 4.78 is 5.01. The maximum Gasteiger partial charge on any atom is 0.187 e. The van der Waals surface area contributed by atoms with Crippen LogP contribution < -0.4 is 15.8 Å². The maximum atomic E-state index is 11.8. The predicted octanol–water partition coefficient (Wildman–Crippen LogP) is 1.61. The molecule has 4 nitrogen and oxygen atoms in total. The predicted molar refractivity (Wildman–Crippen MR) is 71.0 cm³/mol. The van der Waals surface area contributed by atoms with Gasteiger partial charge in [-0.15, -0.1) is 0 Å². The van der Waals surface area contributed by atoms with Crippen molar-refractivity contribution in [1.29, 1.82) is 0 Å². The number of benzene rings is 1. The molecule has 1 aromatic carbocycles. The minimum Gasteiger partial charge on any atom is -0.497 e. The van der Waals surface area contributed by atoms with E-state index in [1.807, 2.05) is 0 Å². The quantitative estimate of drug-likeness (QED) is 0.483. The molecule has 0 aliphatic rings. The monoisotopic (exact) mass is 250 g/mol. The lowest BCUT2D eigenvalue weighted by atomic mass is 10.1. The normalized spacial score (nSPS) is 10.8. The number of nitrogens with two attached hydrogens (primary N) is 1. The van der Waals surface area contributed by atoms with Gasteiger partial charge in [0.2, 0.25) is 0 Å². The number of ketones is 1. The summed E-state index contributed by atoms with van der Waals surface area (Å²) in [4.78, 5) is 11.8. The van der Waals surface area contributed by atoms with Gasteiger partial charge in [0.05, 0.1) is 7.11 Å². The molecule has 0 aliphatic carbocycles. The molecule has 0 saturated carbocycles. The second-order valence-electron chi connectivity index (χ2n) is 3.41. The summed E-state index contributed by atoms with van der Waals surface area (Å²) in [5.41, 5.74) is 6.49. The Morgan fingerprint density at radius 2 is 2.00 bits per heavy atom. The third-order valence-corrected chi connectivity index (χ3v) is 2.14. The molecule has 90 valence electrons. The Kier molecular flexibility index (Phi) is 4.66. The first-order valence-corrected chi connectivity index (χ1v) is 5.37. The molecule has 0 amide bonds. The van der Waals surface area contributed by atoms with Gasteiger partial charge in [0.15, 0.2) is 10.9 Å².